The minimum absolute atomic E-state index is 0.177. The van der Waals surface area contributed by atoms with Gasteiger partial charge in [0.2, 0.25) is 5.88 Å². The maximum absolute atomic E-state index is 12.4. The lowest BCUT2D eigenvalue weighted by atomic mass is 9.75. The summed E-state index contributed by atoms with van der Waals surface area (Å²) in [5, 5.41) is 4.54. The van der Waals surface area contributed by atoms with E-state index in [0.29, 0.717) is 35.5 Å². The van der Waals surface area contributed by atoms with Crippen molar-refractivity contribution >= 4 is 40.1 Å². The Labute approximate surface area is 191 Å². The third kappa shape index (κ3) is 4.41. The molecule has 1 aromatic carbocycles. The van der Waals surface area contributed by atoms with E-state index in [4.69, 9.17) is 21.1 Å². The number of nitrogens with zero attached hydrogens (tertiary/aromatic N) is 4. The Hall–Kier alpha value is -3.13. The number of likely N-dealkylation sites (tertiary alicyclic amines) is 1. The molecule has 0 aliphatic carbocycles. The van der Waals surface area contributed by atoms with Crippen molar-refractivity contribution in [3.05, 3.63) is 47.4 Å². The number of benzene rings is 1. The van der Waals surface area contributed by atoms with Crippen molar-refractivity contribution < 1.29 is 14.3 Å². The van der Waals surface area contributed by atoms with Gasteiger partial charge in [-0.1, -0.05) is 24.6 Å². The van der Waals surface area contributed by atoms with Gasteiger partial charge in [0.15, 0.2) is 0 Å². The normalized spacial score (nSPS) is 15.2. The van der Waals surface area contributed by atoms with E-state index in [9.17, 15) is 4.79 Å². The van der Waals surface area contributed by atoms with E-state index in [1.165, 1.54) is 13.4 Å². The fourth-order valence-electron chi connectivity index (χ4n) is 3.75. The fraction of sp³-hybridized carbons (Fsp3) is 0.391. The molecule has 1 aliphatic heterocycles. The van der Waals surface area contributed by atoms with Crippen molar-refractivity contribution in [3.8, 4) is 5.88 Å². The van der Waals surface area contributed by atoms with E-state index in [1.807, 2.05) is 26.8 Å². The first-order valence-corrected chi connectivity index (χ1v) is 10.7. The highest BCUT2D eigenvalue weighted by Crippen LogP contribution is 2.37. The van der Waals surface area contributed by atoms with Gasteiger partial charge in [-0.15, -0.1) is 0 Å². The van der Waals surface area contributed by atoms with E-state index in [1.54, 1.807) is 17.2 Å². The summed E-state index contributed by atoms with van der Waals surface area (Å²) < 4.78 is 10.6. The largest absolute Gasteiger partial charge is 0.480 e. The van der Waals surface area contributed by atoms with Gasteiger partial charge in [0.1, 0.15) is 22.8 Å². The molecule has 3 aromatic rings. The van der Waals surface area contributed by atoms with Crippen LogP contribution in [0.2, 0.25) is 5.02 Å². The number of halogens is 1. The number of hydrogen-bond acceptors (Lipinski definition) is 7. The van der Waals surface area contributed by atoms with E-state index in [2.05, 4.69) is 39.3 Å². The van der Waals surface area contributed by atoms with Gasteiger partial charge < -0.3 is 19.7 Å². The first kappa shape index (κ1) is 22.1. The van der Waals surface area contributed by atoms with Crippen LogP contribution in [0.15, 0.2) is 36.8 Å². The van der Waals surface area contributed by atoms with Crippen LogP contribution < -0.4 is 10.1 Å². The molecule has 0 unspecified atom stereocenters. The Bertz CT molecular complexity index is 1170. The van der Waals surface area contributed by atoms with Gasteiger partial charge in [-0.3, -0.25) is 0 Å². The lowest BCUT2D eigenvalue weighted by molar-refractivity contribution is -0.00648. The molecule has 168 valence electrons. The molecule has 0 radical (unpaired) electrons. The number of fused-ring (bicyclic) bond motifs is 1. The fourth-order valence-corrected chi connectivity index (χ4v) is 3.99. The van der Waals surface area contributed by atoms with Crippen LogP contribution in [-0.2, 0) is 10.2 Å². The lowest BCUT2D eigenvalue weighted by Gasteiger charge is -2.48. The SMILES string of the molecule is COc1ncc(Nc2ncnc3ccc(C4(C)CN(C(=O)OC(C)(C)C)C4)cc23)cc1Cl. The summed E-state index contributed by atoms with van der Waals surface area (Å²) in [6.07, 6.45) is 2.86. The topological polar surface area (TPSA) is 89.5 Å². The van der Waals surface area contributed by atoms with Gasteiger partial charge >= 0.3 is 6.09 Å². The number of carbonyl (C=O) groups excluding carboxylic acids is 1. The van der Waals surface area contributed by atoms with Gasteiger partial charge in [-0.25, -0.2) is 19.7 Å². The van der Waals surface area contributed by atoms with Crippen molar-refractivity contribution in [1.29, 1.82) is 0 Å². The Morgan fingerprint density at radius 3 is 2.59 bits per heavy atom. The second-order valence-corrected chi connectivity index (χ2v) is 9.60. The van der Waals surface area contributed by atoms with Gasteiger partial charge in [0.05, 0.1) is 24.5 Å². The zero-order valence-corrected chi connectivity index (χ0v) is 19.5. The molecule has 0 spiro atoms. The number of pyridine rings is 1. The molecule has 4 rings (SSSR count). The van der Waals surface area contributed by atoms with Crippen LogP contribution in [0, 0.1) is 0 Å². The van der Waals surface area contributed by atoms with Gasteiger partial charge in [-0.05, 0) is 44.5 Å². The van der Waals surface area contributed by atoms with Gasteiger partial charge in [0, 0.05) is 23.9 Å². The maximum Gasteiger partial charge on any atom is 0.410 e. The van der Waals surface area contributed by atoms with Crippen LogP contribution in [0.4, 0.5) is 16.3 Å². The Morgan fingerprint density at radius 2 is 1.94 bits per heavy atom. The van der Waals surface area contributed by atoms with E-state index in [-0.39, 0.29) is 11.5 Å². The van der Waals surface area contributed by atoms with Crippen molar-refractivity contribution in [2.45, 2.75) is 38.7 Å². The average Bonchev–Trinajstić information content (AvgIpc) is 2.70. The number of aromatic nitrogens is 3. The number of rotatable bonds is 4. The molecule has 1 N–H and O–H groups in total. The Kier molecular flexibility index (Phi) is 5.58. The number of anilines is 2. The number of carbonyl (C=O) groups is 1. The second-order valence-electron chi connectivity index (χ2n) is 9.19. The summed E-state index contributed by atoms with van der Waals surface area (Å²) in [6.45, 7) is 8.91. The molecule has 9 heteroatoms. The average molecular weight is 456 g/mol. The molecule has 3 heterocycles. The minimum Gasteiger partial charge on any atom is -0.480 e. The van der Waals surface area contributed by atoms with Gasteiger partial charge in [-0.2, -0.15) is 0 Å². The lowest BCUT2D eigenvalue weighted by Crippen LogP contribution is -2.60. The molecule has 1 aliphatic rings. The first-order valence-electron chi connectivity index (χ1n) is 10.3. The molecular weight excluding hydrogens is 430 g/mol. The standard InChI is InChI=1S/C23H26ClN5O3/c1-22(2,3)32-21(30)29-11-23(4,12-29)14-6-7-18-16(8-14)19(27-13-26-18)28-15-9-17(24)20(31-5)25-10-15/h6-10,13H,11-12H2,1-5H3,(H,26,27,28). The molecule has 2 aromatic heterocycles. The van der Waals surface area contributed by atoms with Gasteiger partial charge in [0.25, 0.3) is 0 Å². The van der Waals surface area contributed by atoms with Crippen LogP contribution in [0.5, 0.6) is 5.88 Å². The summed E-state index contributed by atoms with van der Waals surface area (Å²) in [5.74, 6) is 1.01. The number of methoxy groups -OCH3 is 1. The summed E-state index contributed by atoms with van der Waals surface area (Å²) in [5.41, 5.74) is 1.92. The van der Waals surface area contributed by atoms with Crippen LogP contribution in [0.25, 0.3) is 10.9 Å². The smallest absolute Gasteiger partial charge is 0.410 e. The molecule has 32 heavy (non-hydrogen) atoms. The summed E-state index contributed by atoms with van der Waals surface area (Å²) in [7, 11) is 1.52. The third-order valence-corrected chi connectivity index (χ3v) is 5.60. The summed E-state index contributed by atoms with van der Waals surface area (Å²) >= 11 is 6.20. The van der Waals surface area contributed by atoms with E-state index in [0.717, 1.165) is 16.5 Å². The van der Waals surface area contributed by atoms with E-state index < -0.39 is 5.60 Å². The van der Waals surface area contributed by atoms with E-state index >= 15 is 0 Å². The number of ether oxygens (including phenoxy) is 2. The predicted octanol–water partition coefficient (Wildman–Crippen LogP) is 4.94. The summed E-state index contributed by atoms with van der Waals surface area (Å²) in [4.78, 5) is 27.1. The zero-order valence-electron chi connectivity index (χ0n) is 18.8. The van der Waals surface area contributed by atoms with Crippen molar-refractivity contribution in [3.63, 3.8) is 0 Å². The van der Waals surface area contributed by atoms with Crippen molar-refractivity contribution in [1.82, 2.24) is 19.9 Å². The first-order chi connectivity index (χ1) is 15.1. The van der Waals surface area contributed by atoms with Crippen LogP contribution in [0.1, 0.15) is 33.3 Å². The minimum atomic E-state index is -0.511. The molecule has 1 fully saturated rings. The molecule has 0 atom stereocenters. The molecule has 1 saturated heterocycles. The summed E-state index contributed by atoms with van der Waals surface area (Å²) in [6, 6.07) is 7.83. The quantitative estimate of drug-likeness (QED) is 0.595. The Morgan fingerprint density at radius 1 is 1.19 bits per heavy atom. The second kappa shape index (κ2) is 8.09. The monoisotopic (exact) mass is 455 g/mol. The number of hydrogen-bond donors (Lipinski definition) is 1. The third-order valence-electron chi connectivity index (χ3n) is 5.33. The van der Waals surface area contributed by atoms with Crippen LogP contribution in [0.3, 0.4) is 0 Å². The molecule has 0 bridgehead atoms. The van der Waals surface area contributed by atoms with Crippen LogP contribution in [-0.4, -0.2) is 51.7 Å². The van der Waals surface area contributed by atoms with Crippen molar-refractivity contribution in [2.24, 2.45) is 0 Å². The predicted molar refractivity (Wildman–Crippen MR) is 124 cm³/mol. The molecule has 1 amide bonds. The Balaban J connectivity index is 1.58. The molecular formula is C23H26ClN5O3. The highest BCUT2D eigenvalue weighted by molar-refractivity contribution is 6.32. The highest BCUT2D eigenvalue weighted by Gasteiger charge is 2.44. The number of amides is 1. The van der Waals surface area contributed by atoms with Crippen molar-refractivity contribution in [2.75, 3.05) is 25.5 Å². The number of nitrogens with one attached hydrogen (secondary N) is 1. The molecule has 0 saturated carbocycles. The maximum atomic E-state index is 12.4. The van der Waals surface area contributed by atoms with Crippen LogP contribution >= 0.6 is 11.6 Å². The highest BCUT2D eigenvalue weighted by atomic mass is 35.5. The zero-order chi connectivity index (χ0) is 23.1. The molecule has 8 nitrogen and oxygen atoms in total.